The van der Waals surface area contributed by atoms with Gasteiger partial charge in [0.2, 0.25) is 0 Å². The first-order chi connectivity index (χ1) is 16.8. The summed E-state index contributed by atoms with van der Waals surface area (Å²) in [6, 6.07) is 11.8. The standard InChI is InChI=1S/C26H30N6O3/c1-15(28-25(33)20-14-21(35-32-20)26(2,3)34)16-8-10-17(11-9-16)19-12-13-27-23-22(19)24(31-30-23)29-18-6-4-5-7-18/h8-15,18,34H,4-7H2,1-3H3,(H,28,33)(H2,27,29,30,31)/t15-/m1/s1. The van der Waals surface area contributed by atoms with Gasteiger partial charge in [0.25, 0.3) is 5.91 Å². The Balaban J connectivity index is 1.33. The number of rotatable bonds is 7. The molecule has 4 aromatic rings. The van der Waals surface area contributed by atoms with Crippen LogP contribution < -0.4 is 10.6 Å². The fraction of sp³-hybridized carbons (Fsp3) is 0.385. The molecular weight excluding hydrogens is 444 g/mol. The molecule has 0 spiro atoms. The number of H-pyrrole nitrogens is 1. The van der Waals surface area contributed by atoms with Gasteiger partial charge in [-0.05, 0) is 56.4 Å². The number of pyridine rings is 1. The lowest BCUT2D eigenvalue weighted by atomic mass is 9.99. The van der Waals surface area contributed by atoms with E-state index in [4.69, 9.17) is 4.52 Å². The van der Waals surface area contributed by atoms with Gasteiger partial charge in [-0.3, -0.25) is 9.89 Å². The molecule has 0 aliphatic heterocycles. The minimum absolute atomic E-state index is 0.132. The van der Waals surface area contributed by atoms with Crippen molar-refractivity contribution in [3.8, 4) is 11.1 Å². The molecule has 1 fully saturated rings. The Labute approximate surface area is 203 Å². The van der Waals surface area contributed by atoms with Crippen LogP contribution in [0.15, 0.2) is 47.1 Å². The minimum Gasteiger partial charge on any atom is -0.382 e. The summed E-state index contributed by atoms with van der Waals surface area (Å²) < 4.78 is 5.10. The van der Waals surface area contributed by atoms with Crippen LogP contribution >= 0.6 is 0 Å². The maximum absolute atomic E-state index is 12.6. The second kappa shape index (κ2) is 9.14. The number of hydrogen-bond acceptors (Lipinski definition) is 7. The average Bonchev–Trinajstić information content (AvgIpc) is 3.60. The molecule has 1 aliphatic rings. The summed E-state index contributed by atoms with van der Waals surface area (Å²) in [6.45, 7) is 5.06. The number of aromatic nitrogens is 4. The molecule has 3 heterocycles. The molecule has 1 aromatic carbocycles. The number of hydrogen-bond donors (Lipinski definition) is 4. The lowest BCUT2D eigenvalue weighted by Gasteiger charge is -2.15. The van der Waals surface area contributed by atoms with E-state index < -0.39 is 5.60 Å². The summed E-state index contributed by atoms with van der Waals surface area (Å²) in [5, 5.41) is 28.9. The Hall–Kier alpha value is -3.72. The first-order valence-electron chi connectivity index (χ1n) is 12.0. The van der Waals surface area contributed by atoms with Crippen LogP contribution in [0.2, 0.25) is 0 Å². The Bertz CT molecular complexity index is 1330. The molecule has 0 bridgehead atoms. The monoisotopic (exact) mass is 474 g/mol. The third kappa shape index (κ3) is 4.77. The summed E-state index contributed by atoms with van der Waals surface area (Å²) in [7, 11) is 0. The number of aromatic amines is 1. The number of fused-ring (bicyclic) bond motifs is 1. The number of carbonyl (C=O) groups is 1. The topological polar surface area (TPSA) is 129 Å². The van der Waals surface area contributed by atoms with Gasteiger partial charge in [0.15, 0.2) is 22.9 Å². The van der Waals surface area contributed by atoms with Gasteiger partial charge in [-0.25, -0.2) is 4.98 Å². The molecule has 9 nitrogen and oxygen atoms in total. The molecule has 1 amide bonds. The number of carbonyl (C=O) groups excluding carboxylic acids is 1. The first kappa shape index (κ1) is 23.0. The van der Waals surface area contributed by atoms with E-state index in [1.807, 2.05) is 37.3 Å². The van der Waals surface area contributed by atoms with Crippen LogP contribution in [-0.2, 0) is 5.60 Å². The SMILES string of the molecule is C[C@@H](NC(=O)c1cc(C(C)(C)O)on1)c1ccc(-c2ccnc3[nH]nc(NC4CCCC4)c23)cc1. The van der Waals surface area contributed by atoms with E-state index in [1.165, 1.54) is 18.9 Å². The van der Waals surface area contributed by atoms with Crippen molar-refractivity contribution in [2.75, 3.05) is 5.32 Å². The van der Waals surface area contributed by atoms with Gasteiger partial charge in [-0.1, -0.05) is 42.3 Å². The molecule has 0 saturated heterocycles. The number of nitrogens with zero attached hydrogens (tertiary/aromatic N) is 3. The van der Waals surface area contributed by atoms with Crippen LogP contribution in [0.4, 0.5) is 5.82 Å². The van der Waals surface area contributed by atoms with E-state index in [9.17, 15) is 9.90 Å². The highest BCUT2D eigenvalue weighted by molar-refractivity contribution is 6.00. The molecule has 5 rings (SSSR count). The number of aliphatic hydroxyl groups is 1. The van der Waals surface area contributed by atoms with Crippen LogP contribution in [-0.4, -0.2) is 37.4 Å². The summed E-state index contributed by atoms with van der Waals surface area (Å²) in [6.07, 6.45) is 6.61. The van der Waals surface area contributed by atoms with Crippen molar-refractivity contribution in [2.24, 2.45) is 0 Å². The third-order valence-corrected chi connectivity index (χ3v) is 6.57. The van der Waals surface area contributed by atoms with Crippen LogP contribution in [0.3, 0.4) is 0 Å². The Kier molecular flexibility index (Phi) is 6.02. The first-order valence-corrected chi connectivity index (χ1v) is 12.0. The zero-order valence-corrected chi connectivity index (χ0v) is 20.1. The highest BCUT2D eigenvalue weighted by Crippen LogP contribution is 2.33. The van der Waals surface area contributed by atoms with Crippen molar-refractivity contribution in [3.05, 3.63) is 59.6 Å². The van der Waals surface area contributed by atoms with Crippen LogP contribution in [0.25, 0.3) is 22.2 Å². The van der Waals surface area contributed by atoms with Crippen molar-refractivity contribution in [2.45, 2.75) is 64.1 Å². The smallest absolute Gasteiger partial charge is 0.273 e. The predicted molar refractivity (Wildman–Crippen MR) is 133 cm³/mol. The Morgan fingerprint density at radius 3 is 2.63 bits per heavy atom. The summed E-state index contributed by atoms with van der Waals surface area (Å²) in [4.78, 5) is 17.1. The van der Waals surface area contributed by atoms with Gasteiger partial charge in [-0.2, -0.15) is 5.10 Å². The van der Waals surface area contributed by atoms with Crippen molar-refractivity contribution >= 4 is 22.8 Å². The van der Waals surface area contributed by atoms with E-state index >= 15 is 0 Å². The van der Waals surface area contributed by atoms with E-state index in [1.54, 1.807) is 20.0 Å². The minimum atomic E-state index is -1.20. The molecule has 1 aliphatic carbocycles. The van der Waals surface area contributed by atoms with E-state index in [0.717, 1.165) is 46.4 Å². The molecule has 0 unspecified atom stereocenters. The highest BCUT2D eigenvalue weighted by atomic mass is 16.5. The van der Waals surface area contributed by atoms with Crippen LogP contribution in [0.5, 0.6) is 0 Å². The largest absolute Gasteiger partial charge is 0.382 e. The molecule has 0 radical (unpaired) electrons. The second-order valence-corrected chi connectivity index (χ2v) is 9.73. The predicted octanol–water partition coefficient (Wildman–Crippen LogP) is 4.69. The van der Waals surface area contributed by atoms with Crippen LogP contribution in [0, 0.1) is 0 Å². The lowest BCUT2D eigenvalue weighted by Crippen LogP contribution is -2.27. The van der Waals surface area contributed by atoms with E-state index in [0.29, 0.717) is 6.04 Å². The van der Waals surface area contributed by atoms with Gasteiger partial charge in [0.05, 0.1) is 11.4 Å². The van der Waals surface area contributed by atoms with Gasteiger partial charge in [0.1, 0.15) is 5.60 Å². The Morgan fingerprint density at radius 2 is 1.94 bits per heavy atom. The maximum atomic E-state index is 12.6. The maximum Gasteiger partial charge on any atom is 0.273 e. The number of anilines is 1. The molecule has 1 saturated carbocycles. The molecule has 4 N–H and O–H groups in total. The fourth-order valence-electron chi connectivity index (χ4n) is 4.54. The van der Waals surface area contributed by atoms with Crippen molar-refractivity contribution in [1.29, 1.82) is 0 Å². The van der Waals surface area contributed by atoms with Crippen molar-refractivity contribution in [3.63, 3.8) is 0 Å². The molecule has 35 heavy (non-hydrogen) atoms. The van der Waals surface area contributed by atoms with Gasteiger partial charge in [-0.15, -0.1) is 0 Å². The van der Waals surface area contributed by atoms with Gasteiger partial charge in [0, 0.05) is 18.3 Å². The van der Waals surface area contributed by atoms with E-state index in [2.05, 4.69) is 31.0 Å². The summed E-state index contributed by atoms with van der Waals surface area (Å²) in [5.41, 5.74) is 2.73. The average molecular weight is 475 g/mol. The number of benzene rings is 1. The number of nitrogens with one attached hydrogen (secondary N) is 3. The normalized spacial score (nSPS) is 15.4. The Morgan fingerprint density at radius 1 is 1.20 bits per heavy atom. The quantitative estimate of drug-likeness (QED) is 0.306. The van der Waals surface area contributed by atoms with E-state index in [-0.39, 0.29) is 23.4 Å². The number of amides is 1. The zero-order valence-electron chi connectivity index (χ0n) is 20.1. The molecule has 182 valence electrons. The second-order valence-electron chi connectivity index (χ2n) is 9.73. The summed E-state index contributed by atoms with van der Waals surface area (Å²) in [5.74, 6) is 0.722. The lowest BCUT2D eigenvalue weighted by molar-refractivity contribution is 0.0474. The molecule has 9 heteroatoms. The highest BCUT2D eigenvalue weighted by Gasteiger charge is 2.25. The fourth-order valence-corrected chi connectivity index (χ4v) is 4.54. The van der Waals surface area contributed by atoms with Gasteiger partial charge < -0.3 is 20.3 Å². The zero-order chi connectivity index (χ0) is 24.6. The molecule has 1 atom stereocenters. The molecule has 3 aromatic heterocycles. The van der Waals surface area contributed by atoms with Gasteiger partial charge >= 0.3 is 0 Å². The van der Waals surface area contributed by atoms with Crippen molar-refractivity contribution in [1.82, 2.24) is 25.7 Å². The summed E-state index contributed by atoms with van der Waals surface area (Å²) >= 11 is 0. The molecular formula is C26H30N6O3. The van der Waals surface area contributed by atoms with Crippen molar-refractivity contribution < 1.29 is 14.4 Å². The third-order valence-electron chi connectivity index (χ3n) is 6.57. The van der Waals surface area contributed by atoms with Crippen LogP contribution in [0.1, 0.15) is 74.3 Å².